The number of hydrogen-bond donors (Lipinski definition) is 4. The molecule has 1 fully saturated rings. The molecule has 0 spiro atoms. The lowest BCUT2D eigenvalue weighted by Gasteiger charge is -2.14. The van der Waals surface area contributed by atoms with Crippen LogP contribution in [0.2, 0.25) is 0 Å². The zero-order chi connectivity index (χ0) is 13.3. The number of benzene rings is 1. The normalized spacial score (nSPS) is 31.3. The number of carbonyl (C=O) groups is 1. The van der Waals surface area contributed by atoms with E-state index in [1.807, 2.05) is 0 Å². The highest BCUT2D eigenvalue weighted by atomic mass is 79.9. The largest absolute Gasteiger partial charge is 0.387 e. The van der Waals surface area contributed by atoms with Crippen LogP contribution in [0.4, 0.5) is 0 Å². The van der Waals surface area contributed by atoms with E-state index in [0.717, 1.165) is 4.47 Å². The van der Waals surface area contributed by atoms with E-state index in [4.69, 9.17) is 9.94 Å². The van der Waals surface area contributed by atoms with Crippen LogP contribution in [0.1, 0.15) is 11.7 Å². The van der Waals surface area contributed by atoms with Crippen LogP contribution in [-0.4, -0.2) is 39.6 Å². The van der Waals surface area contributed by atoms with Gasteiger partial charge in [0.05, 0.1) is 0 Å². The zero-order valence-corrected chi connectivity index (χ0v) is 10.7. The monoisotopic (exact) mass is 317 g/mol. The first-order valence-electron chi connectivity index (χ1n) is 5.25. The molecule has 4 N–H and O–H groups in total. The Morgan fingerprint density at radius 1 is 1.33 bits per heavy atom. The zero-order valence-electron chi connectivity index (χ0n) is 9.15. The summed E-state index contributed by atoms with van der Waals surface area (Å²) in [5, 5.41) is 28.1. The van der Waals surface area contributed by atoms with Crippen molar-refractivity contribution < 1.29 is 25.0 Å². The standard InChI is InChI=1S/C11H12BrNO5/c12-6-3-1-2-5(4-6)9-7(14)8(15)10(18-9)11(16)13-17/h1-4,7-10,14-15,17H,(H,13,16)/t7-,8+,9-,10-/m0/s1. The van der Waals surface area contributed by atoms with Crippen molar-refractivity contribution in [2.75, 3.05) is 0 Å². The van der Waals surface area contributed by atoms with Crippen LogP contribution in [0.3, 0.4) is 0 Å². The Bertz CT molecular complexity index is 455. The van der Waals surface area contributed by atoms with Gasteiger partial charge >= 0.3 is 0 Å². The molecule has 1 aliphatic rings. The predicted octanol–water partition coefficient (Wildman–Crippen LogP) is 0.116. The fourth-order valence-electron chi connectivity index (χ4n) is 1.92. The van der Waals surface area contributed by atoms with Crippen molar-refractivity contribution in [3.05, 3.63) is 34.3 Å². The summed E-state index contributed by atoms with van der Waals surface area (Å²) in [6.45, 7) is 0. The molecule has 1 amide bonds. The number of aliphatic hydroxyl groups excluding tert-OH is 2. The molecule has 1 saturated heterocycles. The molecule has 1 aliphatic heterocycles. The molecule has 98 valence electrons. The molecule has 0 radical (unpaired) electrons. The highest BCUT2D eigenvalue weighted by Gasteiger charge is 2.46. The molecule has 18 heavy (non-hydrogen) atoms. The molecule has 0 bridgehead atoms. The third kappa shape index (κ3) is 2.40. The van der Waals surface area contributed by atoms with E-state index in [0.29, 0.717) is 5.56 Å². The molecule has 1 heterocycles. The van der Waals surface area contributed by atoms with Gasteiger partial charge in [-0.3, -0.25) is 10.0 Å². The van der Waals surface area contributed by atoms with Crippen molar-refractivity contribution in [3.8, 4) is 0 Å². The summed E-state index contributed by atoms with van der Waals surface area (Å²) in [7, 11) is 0. The quantitative estimate of drug-likeness (QED) is 0.458. The minimum atomic E-state index is -1.39. The molecule has 0 saturated carbocycles. The lowest BCUT2D eigenvalue weighted by molar-refractivity contribution is -0.144. The van der Waals surface area contributed by atoms with Crippen LogP contribution in [-0.2, 0) is 9.53 Å². The Morgan fingerprint density at radius 2 is 2.06 bits per heavy atom. The minimum Gasteiger partial charge on any atom is -0.387 e. The van der Waals surface area contributed by atoms with Gasteiger partial charge in [0, 0.05) is 4.47 Å². The summed E-state index contributed by atoms with van der Waals surface area (Å²) in [5.74, 6) is -0.890. The van der Waals surface area contributed by atoms with Gasteiger partial charge in [-0.05, 0) is 17.7 Å². The number of nitrogens with one attached hydrogen (secondary N) is 1. The fraction of sp³-hybridized carbons (Fsp3) is 0.364. The Morgan fingerprint density at radius 3 is 2.67 bits per heavy atom. The number of amides is 1. The maximum Gasteiger partial charge on any atom is 0.275 e. The topological polar surface area (TPSA) is 99.0 Å². The maximum absolute atomic E-state index is 11.2. The Labute approximate surface area is 111 Å². The van der Waals surface area contributed by atoms with E-state index in [-0.39, 0.29) is 0 Å². The van der Waals surface area contributed by atoms with E-state index < -0.39 is 30.3 Å². The Kier molecular flexibility index (Phi) is 3.98. The summed E-state index contributed by atoms with van der Waals surface area (Å²) < 4.78 is 6.08. The van der Waals surface area contributed by atoms with Crippen LogP contribution in [0, 0.1) is 0 Å². The minimum absolute atomic E-state index is 0.629. The highest BCUT2D eigenvalue weighted by molar-refractivity contribution is 9.10. The van der Waals surface area contributed by atoms with Crippen LogP contribution in [0.25, 0.3) is 0 Å². The SMILES string of the molecule is O=C(NO)[C@H]1O[C@@H](c2cccc(Br)c2)[C@@H](O)[C@H]1O. The number of carbonyl (C=O) groups excluding carboxylic acids is 1. The summed E-state index contributed by atoms with van der Waals surface area (Å²) >= 11 is 3.28. The van der Waals surface area contributed by atoms with Crippen molar-refractivity contribution in [2.45, 2.75) is 24.4 Å². The highest BCUT2D eigenvalue weighted by Crippen LogP contribution is 2.34. The molecular weight excluding hydrogens is 306 g/mol. The van der Waals surface area contributed by atoms with Crippen molar-refractivity contribution >= 4 is 21.8 Å². The van der Waals surface area contributed by atoms with Gasteiger partial charge in [0.1, 0.15) is 18.3 Å². The van der Waals surface area contributed by atoms with Gasteiger partial charge in [-0.2, -0.15) is 0 Å². The second-order valence-corrected chi connectivity index (χ2v) is 4.91. The van der Waals surface area contributed by atoms with Crippen LogP contribution >= 0.6 is 15.9 Å². The number of rotatable bonds is 2. The number of aliphatic hydroxyl groups is 2. The van der Waals surface area contributed by atoms with Gasteiger partial charge in [0.2, 0.25) is 0 Å². The lowest BCUT2D eigenvalue weighted by atomic mass is 10.0. The first kappa shape index (κ1) is 13.4. The maximum atomic E-state index is 11.2. The van der Waals surface area contributed by atoms with Crippen molar-refractivity contribution in [1.29, 1.82) is 0 Å². The molecule has 0 aromatic heterocycles. The molecule has 0 unspecified atom stereocenters. The van der Waals surface area contributed by atoms with E-state index >= 15 is 0 Å². The lowest BCUT2D eigenvalue weighted by Crippen LogP contribution is -2.41. The summed E-state index contributed by atoms with van der Waals surface area (Å²) in [6, 6.07) is 6.99. The smallest absolute Gasteiger partial charge is 0.275 e. The second-order valence-electron chi connectivity index (χ2n) is 3.99. The molecule has 1 aromatic carbocycles. The summed E-state index contributed by atoms with van der Waals surface area (Å²) in [6.07, 6.45) is -4.74. The number of halogens is 1. The first-order valence-corrected chi connectivity index (χ1v) is 6.05. The molecule has 6 nitrogen and oxygen atoms in total. The van der Waals surface area contributed by atoms with Crippen LogP contribution < -0.4 is 5.48 Å². The average Bonchev–Trinajstić information content (AvgIpc) is 2.66. The molecule has 0 aliphatic carbocycles. The summed E-state index contributed by atoms with van der Waals surface area (Å²) in [4.78, 5) is 11.2. The van der Waals surface area contributed by atoms with Gasteiger partial charge < -0.3 is 14.9 Å². The van der Waals surface area contributed by atoms with E-state index in [1.54, 1.807) is 24.3 Å². The fourth-order valence-corrected chi connectivity index (χ4v) is 2.33. The van der Waals surface area contributed by atoms with E-state index in [1.165, 1.54) is 5.48 Å². The van der Waals surface area contributed by atoms with E-state index in [2.05, 4.69) is 15.9 Å². The number of hydroxylamine groups is 1. The van der Waals surface area contributed by atoms with Crippen molar-refractivity contribution in [1.82, 2.24) is 5.48 Å². The van der Waals surface area contributed by atoms with Gasteiger partial charge in [0.25, 0.3) is 5.91 Å². The van der Waals surface area contributed by atoms with Gasteiger partial charge in [-0.1, -0.05) is 28.1 Å². The predicted molar refractivity (Wildman–Crippen MR) is 63.7 cm³/mol. The van der Waals surface area contributed by atoms with Crippen LogP contribution in [0.5, 0.6) is 0 Å². The van der Waals surface area contributed by atoms with Gasteiger partial charge in [-0.25, -0.2) is 5.48 Å². The Balaban J connectivity index is 2.23. The Hall–Kier alpha value is -0.990. The third-order valence-electron chi connectivity index (χ3n) is 2.81. The molecule has 2 rings (SSSR count). The molecular formula is C11H12BrNO5. The van der Waals surface area contributed by atoms with E-state index in [9.17, 15) is 15.0 Å². The van der Waals surface area contributed by atoms with Gasteiger partial charge in [-0.15, -0.1) is 0 Å². The number of ether oxygens (including phenoxy) is 1. The second kappa shape index (κ2) is 5.33. The van der Waals surface area contributed by atoms with Crippen LogP contribution in [0.15, 0.2) is 28.7 Å². The van der Waals surface area contributed by atoms with Crippen molar-refractivity contribution in [3.63, 3.8) is 0 Å². The van der Waals surface area contributed by atoms with Crippen molar-refractivity contribution in [2.24, 2.45) is 0 Å². The summed E-state index contributed by atoms with van der Waals surface area (Å²) in [5.41, 5.74) is 2.03. The third-order valence-corrected chi connectivity index (χ3v) is 3.30. The number of hydrogen-bond acceptors (Lipinski definition) is 5. The van der Waals surface area contributed by atoms with Gasteiger partial charge in [0.15, 0.2) is 6.10 Å². The molecule has 1 aromatic rings. The first-order chi connectivity index (χ1) is 8.54. The average molecular weight is 318 g/mol. The molecule has 4 atom stereocenters. The molecule has 7 heteroatoms.